The summed E-state index contributed by atoms with van der Waals surface area (Å²) in [5.41, 5.74) is 3.21. The standard InChI is InChI=1S/C24H28N4O5S/c1-31-21-7-6-18(13-22(21)32-2)20-16-34-24(30)28(26-20)14-17-4-3-5-19(12-17)25-23(29)15-27-8-10-33-11-9-27/h3-7,12-13H,8-11,14-16H2,1-2H3,(H,25,29). The van der Waals surface area contributed by atoms with Crippen molar-refractivity contribution in [3.05, 3.63) is 53.6 Å². The van der Waals surface area contributed by atoms with Gasteiger partial charge in [-0.2, -0.15) is 5.10 Å². The molecule has 0 atom stereocenters. The van der Waals surface area contributed by atoms with Gasteiger partial charge >= 0.3 is 5.24 Å². The summed E-state index contributed by atoms with van der Waals surface area (Å²) in [5.74, 6) is 1.65. The van der Waals surface area contributed by atoms with Crippen LogP contribution in [-0.2, 0) is 16.1 Å². The number of hydrazone groups is 1. The minimum Gasteiger partial charge on any atom is -0.493 e. The first-order valence-electron chi connectivity index (χ1n) is 11.0. The zero-order chi connectivity index (χ0) is 23.9. The number of nitrogens with one attached hydrogen (secondary N) is 1. The number of thioether (sulfide) groups is 1. The molecule has 2 aromatic carbocycles. The molecule has 0 unspecified atom stereocenters. The Hall–Kier alpha value is -3.08. The molecule has 1 saturated heterocycles. The van der Waals surface area contributed by atoms with Crippen LogP contribution in [0.25, 0.3) is 0 Å². The van der Waals surface area contributed by atoms with Crippen LogP contribution in [0, 0.1) is 0 Å². The van der Waals surface area contributed by atoms with Gasteiger partial charge in [0.25, 0.3) is 0 Å². The molecule has 2 heterocycles. The lowest BCUT2D eigenvalue weighted by molar-refractivity contribution is -0.118. The molecular weight excluding hydrogens is 456 g/mol. The monoisotopic (exact) mass is 484 g/mol. The highest BCUT2D eigenvalue weighted by Gasteiger charge is 2.23. The van der Waals surface area contributed by atoms with E-state index in [9.17, 15) is 9.59 Å². The van der Waals surface area contributed by atoms with E-state index in [0.717, 1.165) is 29.9 Å². The van der Waals surface area contributed by atoms with Gasteiger partial charge in [-0.3, -0.25) is 14.5 Å². The van der Waals surface area contributed by atoms with Crippen LogP contribution in [0.5, 0.6) is 11.5 Å². The number of rotatable bonds is 8. The summed E-state index contributed by atoms with van der Waals surface area (Å²) in [6.07, 6.45) is 0. The van der Waals surface area contributed by atoms with E-state index >= 15 is 0 Å². The number of anilines is 1. The van der Waals surface area contributed by atoms with Crippen molar-refractivity contribution in [2.75, 3.05) is 58.1 Å². The molecule has 4 rings (SSSR count). The Balaban J connectivity index is 1.44. The molecule has 0 aliphatic carbocycles. The average molecular weight is 485 g/mol. The molecule has 2 aliphatic heterocycles. The normalized spacial score (nSPS) is 16.7. The van der Waals surface area contributed by atoms with Crippen LogP contribution in [0.4, 0.5) is 10.5 Å². The van der Waals surface area contributed by atoms with Crippen molar-refractivity contribution in [3.8, 4) is 11.5 Å². The zero-order valence-electron chi connectivity index (χ0n) is 19.3. The fourth-order valence-electron chi connectivity index (χ4n) is 3.76. The van der Waals surface area contributed by atoms with Crippen molar-refractivity contribution in [1.82, 2.24) is 9.91 Å². The highest BCUT2D eigenvalue weighted by Crippen LogP contribution is 2.30. The van der Waals surface area contributed by atoms with Gasteiger partial charge in [-0.05, 0) is 35.9 Å². The fraction of sp³-hybridized carbons (Fsp3) is 0.375. The molecule has 2 aromatic rings. The van der Waals surface area contributed by atoms with Crippen molar-refractivity contribution in [2.24, 2.45) is 5.10 Å². The van der Waals surface area contributed by atoms with Crippen LogP contribution in [0.2, 0.25) is 0 Å². The van der Waals surface area contributed by atoms with Crippen LogP contribution in [0.3, 0.4) is 0 Å². The Morgan fingerprint density at radius 2 is 1.91 bits per heavy atom. The van der Waals surface area contributed by atoms with Crippen molar-refractivity contribution >= 4 is 34.3 Å². The number of carbonyl (C=O) groups is 2. The van der Waals surface area contributed by atoms with E-state index in [1.54, 1.807) is 14.2 Å². The number of hydrogen-bond acceptors (Lipinski definition) is 8. The van der Waals surface area contributed by atoms with E-state index in [2.05, 4.69) is 15.3 Å². The Kier molecular flexibility index (Phi) is 8.04. The van der Waals surface area contributed by atoms with Gasteiger partial charge in [0.05, 0.1) is 46.2 Å². The second kappa shape index (κ2) is 11.4. The number of ether oxygens (including phenoxy) is 3. The number of carbonyl (C=O) groups excluding carboxylic acids is 2. The molecule has 10 heteroatoms. The Bertz CT molecular complexity index is 1070. The third kappa shape index (κ3) is 6.07. The predicted molar refractivity (Wildman–Crippen MR) is 132 cm³/mol. The summed E-state index contributed by atoms with van der Waals surface area (Å²) in [5, 5.41) is 8.88. The third-order valence-electron chi connectivity index (χ3n) is 5.52. The van der Waals surface area contributed by atoms with Gasteiger partial charge in [-0.1, -0.05) is 23.9 Å². The lowest BCUT2D eigenvalue weighted by Gasteiger charge is -2.26. The van der Waals surface area contributed by atoms with E-state index in [1.165, 1.54) is 16.8 Å². The summed E-state index contributed by atoms with van der Waals surface area (Å²) in [4.78, 5) is 27.0. The molecule has 0 bridgehead atoms. The number of methoxy groups -OCH3 is 2. The second-order valence-corrected chi connectivity index (χ2v) is 8.79. The molecule has 0 spiro atoms. The SMILES string of the molecule is COc1ccc(C2=NN(Cc3cccc(NC(=O)CN4CCOCC4)c3)C(=O)SC2)cc1OC. The van der Waals surface area contributed by atoms with Gasteiger partial charge in [0.15, 0.2) is 11.5 Å². The molecule has 180 valence electrons. The van der Waals surface area contributed by atoms with Crippen LogP contribution in [0.15, 0.2) is 47.6 Å². The van der Waals surface area contributed by atoms with Crippen LogP contribution in [-0.4, -0.2) is 79.6 Å². The zero-order valence-corrected chi connectivity index (χ0v) is 20.1. The first kappa shape index (κ1) is 24.1. The maximum absolute atomic E-state index is 12.5. The first-order chi connectivity index (χ1) is 16.6. The van der Waals surface area contributed by atoms with Gasteiger partial charge in [0.2, 0.25) is 5.91 Å². The summed E-state index contributed by atoms with van der Waals surface area (Å²) in [6.45, 7) is 3.43. The summed E-state index contributed by atoms with van der Waals surface area (Å²) in [7, 11) is 3.17. The first-order valence-corrected chi connectivity index (χ1v) is 12.0. The number of morpholine rings is 1. The molecule has 0 saturated carbocycles. The maximum Gasteiger partial charge on any atom is 0.302 e. The Morgan fingerprint density at radius 1 is 1.12 bits per heavy atom. The molecule has 1 fully saturated rings. The van der Waals surface area contributed by atoms with E-state index in [0.29, 0.717) is 49.2 Å². The molecule has 2 amide bonds. The average Bonchev–Trinajstić information content (AvgIpc) is 2.85. The summed E-state index contributed by atoms with van der Waals surface area (Å²) in [6, 6.07) is 13.1. The van der Waals surface area contributed by atoms with Crippen molar-refractivity contribution in [3.63, 3.8) is 0 Å². The molecule has 0 radical (unpaired) electrons. The highest BCUT2D eigenvalue weighted by atomic mass is 32.2. The van der Waals surface area contributed by atoms with Gasteiger partial charge in [0.1, 0.15) is 0 Å². The van der Waals surface area contributed by atoms with Crippen LogP contribution < -0.4 is 14.8 Å². The minimum absolute atomic E-state index is 0.0718. The lowest BCUT2D eigenvalue weighted by Crippen LogP contribution is -2.41. The van der Waals surface area contributed by atoms with E-state index in [1.807, 2.05) is 42.5 Å². The van der Waals surface area contributed by atoms with E-state index in [-0.39, 0.29) is 11.1 Å². The summed E-state index contributed by atoms with van der Waals surface area (Å²) >= 11 is 1.20. The van der Waals surface area contributed by atoms with E-state index < -0.39 is 0 Å². The van der Waals surface area contributed by atoms with Crippen LogP contribution in [0.1, 0.15) is 11.1 Å². The van der Waals surface area contributed by atoms with Crippen molar-refractivity contribution in [1.29, 1.82) is 0 Å². The highest BCUT2D eigenvalue weighted by molar-refractivity contribution is 8.14. The van der Waals surface area contributed by atoms with Crippen molar-refractivity contribution in [2.45, 2.75) is 6.54 Å². The van der Waals surface area contributed by atoms with E-state index in [4.69, 9.17) is 14.2 Å². The van der Waals surface area contributed by atoms with Gasteiger partial charge < -0.3 is 19.5 Å². The fourth-order valence-corrected chi connectivity index (χ4v) is 4.50. The maximum atomic E-state index is 12.5. The molecule has 1 N–H and O–H groups in total. The smallest absolute Gasteiger partial charge is 0.302 e. The number of hydrogen-bond donors (Lipinski definition) is 1. The number of amides is 2. The number of benzene rings is 2. The predicted octanol–water partition coefficient (Wildman–Crippen LogP) is 3.05. The molecule has 0 aromatic heterocycles. The molecule has 9 nitrogen and oxygen atoms in total. The molecule has 34 heavy (non-hydrogen) atoms. The molecule has 2 aliphatic rings. The minimum atomic E-state index is -0.119. The molecular formula is C24H28N4O5S. The third-order valence-corrected chi connectivity index (χ3v) is 6.39. The van der Waals surface area contributed by atoms with Gasteiger partial charge in [-0.25, -0.2) is 5.01 Å². The Morgan fingerprint density at radius 3 is 2.68 bits per heavy atom. The quantitative estimate of drug-likeness (QED) is 0.616. The van der Waals surface area contributed by atoms with Gasteiger partial charge in [-0.15, -0.1) is 0 Å². The Labute approximate surface area is 203 Å². The van der Waals surface area contributed by atoms with Crippen LogP contribution >= 0.6 is 11.8 Å². The second-order valence-electron chi connectivity index (χ2n) is 7.87. The summed E-state index contributed by atoms with van der Waals surface area (Å²) < 4.78 is 16.0. The number of nitrogens with zero attached hydrogens (tertiary/aromatic N) is 3. The van der Waals surface area contributed by atoms with Crippen molar-refractivity contribution < 1.29 is 23.8 Å². The van der Waals surface area contributed by atoms with Gasteiger partial charge in [0, 0.05) is 30.1 Å². The topological polar surface area (TPSA) is 92.7 Å². The lowest BCUT2D eigenvalue weighted by atomic mass is 10.1. The largest absolute Gasteiger partial charge is 0.493 e.